The van der Waals surface area contributed by atoms with Crippen molar-refractivity contribution >= 4 is 21.9 Å². The van der Waals surface area contributed by atoms with Gasteiger partial charge in [-0.15, -0.1) is 0 Å². The minimum atomic E-state index is 0.738. The van der Waals surface area contributed by atoms with Crippen molar-refractivity contribution in [3.63, 3.8) is 0 Å². The molecule has 1 aliphatic heterocycles. The molecule has 3 nitrogen and oxygen atoms in total. The fraction of sp³-hybridized carbons (Fsp3) is 0.600. The predicted molar refractivity (Wildman–Crippen MR) is 60.3 cm³/mol. The van der Waals surface area contributed by atoms with Gasteiger partial charge in [0.2, 0.25) is 5.95 Å². The molecule has 0 aliphatic carbocycles. The van der Waals surface area contributed by atoms with E-state index in [0.29, 0.717) is 0 Å². The molecular weight excluding hydrogens is 242 g/mol. The largest absolute Gasteiger partial charge is 0.340 e. The number of halogens is 1. The summed E-state index contributed by atoms with van der Waals surface area (Å²) in [7, 11) is 0. The third-order valence-electron chi connectivity index (χ3n) is 2.88. The molecule has 0 aromatic carbocycles. The minimum absolute atomic E-state index is 0.738. The Hall–Kier alpha value is -0.640. The van der Waals surface area contributed by atoms with Crippen molar-refractivity contribution in [3.8, 4) is 0 Å². The fourth-order valence-electron chi connectivity index (χ4n) is 1.76. The van der Waals surface area contributed by atoms with Gasteiger partial charge in [-0.3, -0.25) is 0 Å². The second kappa shape index (κ2) is 3.85. The number of aromatic nitrogens is 2. The summed E-state index contributed by atoms with van der Waals surface area (Å²) in [4.78, 5) is 10.8. The SMILES string of the molecule is C[C@@H]1CN(c2ncc(Br)cn2)C[C@@H]1C. The van der Waals surface area contributed by atoms with Gasteiger partial charge >= 0.3 is 0 Å². The van der Waals surface area contributed by atoms with Crippen molar-refractivity contribution in [1.82, 2.24) is 9.97 Å². The lowest BCUT2D eigenvalue weighted by molar-refractivity contribution is 0.494. The summed E-state index contributed by atoms with van der Waals surface area (Å²) < 4.78 is 0.932. The molecule has 0 spiro atoms. The molecule has 1 fully saturated rings. The molecule has 14 heavy (non-hydrogen) atoms. The zero-order valence-electron chi connectivity index (χ0n) is 8.44. The lowest BCUT2D eigenvalue weighted by Gasteiger charge is -2.14. The van der Waals surface area contributed by atoms with E-state index in [9.17, 15) is 0 Å². The Bertz CT molecular complexity index is 302. The van der Waals surface area contributed by atoms with Crippen molar-refractivity contribution in [2.45, 2.75) is 13.8 Å². The summed E-state index contributed by atoms with van der Waals surface area (Å²) >= 11 is 3.33. The monoisotopic (exact) mass is 255 g/mol. The Morgan fingerprint density at radius 3 is 2.21 bits per heavy atom. The zero-order chi connectivity index (χ0) is 10.1. The van der Waals surface area contributed by atoms with E-state index < -0.39 is 0 Å². The molecule has 1 saturated heterocycles. The number of hydrogen-bond acceptors (Lipinski definition) is 3. The maximum Gasteiger partial charge on any atom is 0.225 e. The van der Waals surface area contributed by atoms with Gasteiger partial charge in [-0.25, -0.2) is 9.97 Å². The molecule has 1 aromatic rings. The maximum atomic E-state index is 4.30. The highest BCUT2D eigenvalue weighted by molar-refractivity contribution is 9.10. The standard InChI is InChI=1S/C10H14BrN3/c1-7-5-14(6-8(7)2)10-12-3-9(11)4-13-10/h3-4,7-8H,5-6H2,1-2H3/t7-,8+. The highest BCUT2D eigenvalue weighted by Crippen LogP contribution is 2.25. The Morgan fingerprint density at radius 1 is 1.21 bits per heavy atom. The van der Waals surface area contributed by atoms with Gasteiger partial charge in [-0.2, -0.15) is 0 Å². The first-order chi connectivity index (χ1) is 6.66. The number of hydrogen-bond donors (Lipinski definition) is 0. The second-order valence-electron chi connectivity index (χ2n) is 4.06. The van der Waals surface area contributed by atoms with Gasteiger partial charge in [0, 0.05) is 25.5 Å². The summed E-state index contributed by atoms with van der Waals surface area (Å²) in [6.45, 7) is 6.71. The van der Waals surface area contributed by atoms with Gasteiger partial charge in [0.1, 0.15) is 0 Å². The summed E-state index contributed by atoms with van der Waals surface area (Å²) in [5, 5.41) is 0. The topological polar surface area (TPSA) is 29.0 Å². The third kappa shape index (κ3) is 1.90. The van der Waals surface area contributed by atoms with E-state index in [-0.39, 0.29) is 0 Å². The molecule has 0 amide bonds. The Labute approximate surface area is 92.7 Å². The third-order valence-corrected chi connectivity index (χ3v) is 3.29. The van der Waals surface area contributed by atoms with Gasteiger partial charge in [0.05, 0.1) is 4.47 Å². The molecule has 1 aliphatic rings. The number of anilines is 1. The van der Waals surface area contributed by atoms with Crippen LogP contribution < -0.4 is 4.90 Å². The minimum Gasteiger partial charge on any atom is -0.340 e. The number of rotatable bonds is 1. The first kappa shape index (κ1) is 9.90. The van der Waals surface area contributed by atoms with Crippen LogP contribution in [0.1, 0.15) is 13.8 Å². The summed E-state index contributed by atoms with van der Waals surface area (Å²) in [5.74, 6) is 2.33. The Balaban J connectivity index is 2.13. The molecule has 2 heterocycles. The van der Waals surface area contributed by atoms with Gasteiger partial charge in [-0.05, 0) is 27.8 Å². The second-order valence-corrected chi connectivity index (χ2v) is 4.98. The Morgan fingerprint density at radius 2 is 1.71 bits per heavy atom. The van der Waals surface area contributed by atoms with Crippen molar-refractivity contribution in [1.29, 1.82) is 0 Å². The molecule has 2 atom stereocenters. The van der Waals surface area contributed by atoms with Gasteiger partial charge in [0.25, 0.3) is 0 Å². The first-order valence-corrected chi connectivity index (χ1v) is 5.68. The lowest BCUT2D eigenvalue weighted by atomic mass is 10.0. The first-order valence-electron chi connectivity index (χ1n) is 4.89. The normalized spacial score (nSPS) is 26.9. The van der Waals surface area contributed by atoms with Crippen LogP contribution in [0.4, 0.5) is 5.95 Å². The van der Waals surface area contributed by atoms with E-state index in [1.54, 1.807) is 12.4 Å². The molecule has 76 valence electrons. The van der Waals surface area contributed by atoms with Gasteiger partial charge in [0.15, 0.2) is 0 Å². The van der Waals surface area contributed by atoms with Crippen molar-refractivity contribution in [2.24, 2.45) is 11.8 Å². The van der Waals surface area contributed by atoms with Crippen LogP contribution in [-0.4, -0.2) is 23.1 Å². The van der Waals surface area contributed by atoms with Gasteiger partial charge in [-0.1, -0.05) is 13.8 Å². The van der Waals surface area contributed by atoms with E-state index in [1.165, 1.54) is 0 Å². The molecule has 4 heteroatoms. The lowest BCUT2D eigenvalue weighted by Crippen LogP contribution is -2.21. The van der Waals surface area contributed by atoms with Crippen LogP contribution in [0.15, 0.2) is 16.9 Å². The van der Waals surface area contributed by atoms with E-state index in [4.69, 9.17) is 0 Å². The quantitative estimate of drug-likeness (QED) is 0.772. The molecule has 2 rings (SSSR count). The molecular formula is C10H14BrN3. The van der Waals surface area contributed by atoms with Crippen LogP contribution in [-0.2, 0) is 0 Å². The van der Waals surface area contributed by atoms with E-state index >= 15 is 0 Å². The van der Waals surface area contributed by atoms with Gasteiger partial charge < -0.3 is 4.90 Å². The molecule has 0 saturated carbocycles. The summed E-state index contributed by atoms with van der Waals surface area (Å²) in [6, 6.07) is 0. The molecule has 0 bridgehead atoms. The van der Waals surface area contributed by atoms with Crippen LogP contribution in [0, 0.1) is 11.8 Å². The molecule has 0 radical (unpaired) electrons. The van der Waals surface area contributed by atoms with Crippen molar-refractivity contribution < 1.29 is 0 Å². The number of nitrogens with zero attached hydrogens (tertiary/aromatic N) is 3. The maximum absolute atomic E-state index is 4.30. The van der Waals surface area contributed by atoms with Crippen LogP contribution >= 0.6 is 15.9 Å². The molecule has 1 aromatic heterocycles. The summed E-state index contributed by atoms with van der Waals surface area (Å²) in [6.07, 6.45) is 3.60. The molecule has 0 N–H and O–H groups in total. The van der Waals surface area contributed by atoms with E-state index in [1.807, 2.05) is 0 Å². The van der Waals surface area contributed by atoms with Crippen molar-refractivity contribution in [2.75, 3.05) is 18.0 Å². The van der Waals surface area contributed by atoms with Crippen LogP contribution in [0.5, 0.6) is 0 Å². The highest BCUT2D eigenvalue weighted by Gasteiger charge is 2.27. The zero-order valence-corrected chi connectivity index (χ0v) is 10.0. The van der Waals surface area contributed by atoms with Crippen LogP contribution in [0.2, 0.25) is 0 Å². The van der Waals surface area contributed by atoms with E-state index in [0.717, 1.165) is 35.3 Å². The van der Waals surface area contributed by atoms with Crippen molar-refractivity contribution in [3.05, 3.63) is 16.9 Å². The van der Waals surface area contributed by atoms with Crippen LogP contribution in [0.25, 0.3) is 0 Å². The average Bonchev–Trinajstić information content (AvgIpc) is 2.48. The highest BCUT2D eigenvalue weighted by atomic mass is 79.9. The smallest absolute Gasteiger partial charge is 0.225 e. The predicted octanol–water partition coefficient (Wildman–Crippen LogP) is 2.33. The summed E-state index contributed by atoms with van der Waals surface area (Å²) in [5.41, 5.74) is 0. The average molecular weight is 256 g/mol. The van der Waals surface area contributed by atoms with E-state index in [2.05, 4.69) is 44.6 Å². The molecule has 0 unspecified atom stereocenters. The Kier molecular flexibility index (Phi) is 2.72. The van der Waals surface area contributed by atoms with Crippen LogP contribution in [0.3, 0.4) is 0 Å². The fourth-order valence-corrected chi connectivity index (χ4v) is 1.97.